The molecule has 0 amide bonds. The van der Waals surface area contributed by atoms with Crippen molar-refractivity contribution in [1.82, 2.24) is 0 Å². The minimum absolute atomic E-state index is 0.160. The zero-order chi connectivity index (χ0) is 9.59. The Morgan fingerprint density at radius 2 is 2.15 bits per heavy atom. The van der Waals surface area contributed by atoms with Crippen LogP contribution in [-0.2, 0) is 6.42 Å². The summed E-state index contributed by atoms with van der Waals surface area (Å²) in [6.07, 6.45) is 0.902. The summed E-state index contributed by atoms with van der Waals surface area (Å²) in [5.74, 6) is 0.443. The van der Waals surface area contributed by atoms with Gasteiger partial charge in [-0.2, -0.15) is 0 Å². The molecule has 0 saturated heterocycles. The van der Waals surface area contributed by atoms with Crippen LogP contribution in [0, 0.1) is 12.8 Å². The fraction of sp³-hybridized carbons (Fsp3) is 0.364. The van der Waals surface area contributed by atoms with Gasteiger partial charge in [-0.05, 0) is 30.5 Å². The highest BCUT2D eigenvalue weighted by Crippen LogP contribution is 2.34. The Kier molecular flexibility index (Phi) is 2.03. The first-order valence-corrected chi connectivity index (χ1v) is 5.22. The van der Waals surface area contributed by atoms with E-state index in [-0.39, 0.29) is 11.7 Å². The Labute approximate surface area is 86.3 Å². The van der Waals surface area contributed by atoms with Gasteiger partial charge in [0, 0.05) is 16.0 Å². The van der Waals surface area contributed by atoms with E-state index in [4.69, 9.17) is 0 Å². The second kappa shape index (κ2) is 2.95. The van der Waals surface area contributed by atoms with Crippen LogP contribution in [0.3, 0.4) is 0 Å². The second-order valence-electron chi connectivity index (χ2n) is 3.69. The summed E-state index contributed by atoms with van der Waals surface area (Å²) in [4.78, 5) is 11.7. The molecule has 0 radical (unpaired) electrons. The number of carbonyl (C=O) groups excluding carboxylic acids is 1. The predicted molar refractivity (Wildman–Crippen MR) is 56.1 cm³/mol. The van der Waals surface area contributed by atoms with Gasteiger partial charge >= 0.3 is 0 Å². The van der Waals surface area contributed by atoms with Crippen molar-refractivity contribution in [1.29, 1.82) is 0 Å². The van der Waals surface area contributed by atoms with E-state index in [0.29, 0.717) is 0 Å². The largest absolute Gasteiger partial charge is 0.294 e. The lowest BCUT2D eigenvalue weighted by Crippen LogP contribution is -2.03. The lowest BCUT2D eigenvalue weighted by molar-refractivity contribution is 0.0945. The summed E-state index contributed by atoms with van der Waals surface area (Å²) in [5.41, 5.74) is 3.37. The van der Waals surface area contributed by atoms with Crippen LogP contribution in [0.15, 0.2) is 16.6 Å². The number of benzene rings is 1. The monoisotopic (exact) mass is 238 g/mol. The Morgan fingerprint density at radius 1 is 1.46 bits per heavy atom. The Hall–Kier alpha value is -0.630. The second-order valence-corrected chi connectivity index (χ2v) is 4.54. The molecule has 1 atom stereocenters. The molecule has 1 unspecified atom stereocenters. The maximum atomic E-state index is 11.7. The first-order chi connectivity index (χ1) is 6.11. The summed E-state index contributed by atoms with van der Waals surface area (Å²) in [6.45, 7) is 4.06. The molecular formula is C11H11BrO. The van der Waals surface area contributed by atoms with E-state index in [2.05, 4.69) is 28.9 Å². The standard InChI is InChI=1S/C11H11BrO/c1-6-3-4-9(12)10-8(6)5-7(2)11(10)13/h3-4,7H,5H2,1-2H3. The van der Waals surface area contributed by atoms with E-state index in [1.54, 1.807) is 0 Å². The summed E-state index contributed by atoms with van der Waals surface area (Å²) in [5, 5.41) is 0. The van der Waals surface area contributed by atoms with Crippen molar-refractivity contribution in [2.45, 2.75) is 20.3 Å². The summed E-state index contributed by atoms with van der Waals surface area (Å²) in [7, 11) is 0. The van der Waals surface area contributed by atoms with Crippen molar-refractivity contribution in [2.24, 2.45) is 5.92 Å². The molecule has 0 saturated carbocycles. The fourth-order valence-electron chi connectivity index (χ4n) is 1.90. The maximum Gasteiger partial charge on any atom is 0.167 e. The molecule has 1 aromatic carbocycles. The normalized spacial score (nSPS) is 20.5. The van der Waals surface area contributed by atoms with Gasteiger partial charge < -0.3 is 0 Å². The SMILES string of the molecule is Cc1ccc(Br)c2c1CC(C)C2=O. The van der Waals surface area contributed by atoms with Gasteiger partial charge in [-0.3, -0.25) is 4.79 Å². The van der Waals surface area contributed by atoms with Crippen molar-refractivity contribution in [3.63, 3.8) is 0 Å². The van der Waals surface area contributed by atoms with Crippen molar-refractivity contribution >= 4 is 21.7 Å². The predicted octanol–water partition coefficient (Wildman–Crippen LogP) is 3.13. The molecule has 0 N–H and O–H groups in total. The van der Waals surface area contributed by atoms with E-state index >= 15 is 0 Å². The highest BCUT2D eigenvalue weighted by Gasteiger charge is 2.29. The third-order valence-corrected chi connectivity index (χ3v) is 3.36. The van der Waals surface area contributed by atoms with Gasteiger partial charge in [-0.25, -0.2) is 0 Å². The van der Waals surface area contributed by atoms with Crippen molar-refractivity contribution in [3.8, 4) is 0 Å². The molecule has 1 aromatic rings. The average Bonchev–Trinajstić information content (AvgIpc) is 2.38. The maximum absolute atomic E-state index is 11.7. The minimum atomic E-state index is 0.160. The quantitative estimate of drug-likeness (QED) is 0.679. The van der Waals surface area contributed by atoms with Gasteiger partial charge in [-0.15, -0.1) is 0 Å². The number of rotatable bonds is 0. The molecule has 13 heavy (non-hydrogen) atoms. The molecule has 1 nitrogen and oxygen atoms in total. The third-order valence-electron chi connectivity index (χ3n) is 2.70. The van der Waals surface area contributed by atoms with Crippen LogP contribution in [0.4, 0.5) is 0 Å². The highest BCUT2D eigenvalue weighted by atomic mass is 79.9. The van der Waals surface area contributed by atoms with Crippen LogP contribution in [0.5, 0.6) is 0 Å². The molecule has 0 aliphatic heterocycles. The Morgan fingerprint density at radius 3 is 2.77 bits per heavy atom. The number of hydrogen-bond donors (Lipinski definition) is 0. The number of ketones is 1. The molecule has 0 bridgehead atoms. The van der Waals surface area contributed by atoms with Crippen molar-refractivity contribution in [3.05, 3.63) is 33.3 Å². The molecule has 0 heterocycles. The average molecular weight is 239 g/mol. The van der Waals surface area contributed by atoms with Crippen LogP contribution >= 0.6 is 15.9 Å². The fourth-order valence-corrected chi connectivity index (χ4v) is 2.47. The summed E-state index contributed by atoms with van der Waals surface area (Å²) in [6, 6.07) is 4.03. The van der Waals surface area contributed by atoms with E-state index < -0.39 is 0 Å². The van der Waals surface area contributed by atoms with E-state index in [1.807, 2.05) is 13.0 Å². The Bertz CT molecular complexity index is 382. The number of carbonyl (C=O) groups is 1. The lowest BCUT2D eigenvalue weighted by atomic mass is 10.0. The molecule has 1 aliphatic carbocycles. The first kappa shape index (κ1) is 8.95. The third kappa shape index (κ3) is 1.24. The van der Waals surface area contributed by atoms with Gasteiger partial charge in [0.15, 0.2) is 5.78 Å². The Balaban J connectivity index is 2.68. The molecule has 2 rings (SSSR count). The van der Waals surface area contributed by atoms with Gasteiger partial charge in [0.1, 0.15) is 0 Å². The zero-order valence-corrected chi connectivity index (χ0v) is 9.31. The molecule has 1 aliphatic rings. The highest BCUT2D eigenvalue weighted by molar-refractivity contribution is 9.10. The van der Waals surface area contributed by atoms with Crippen LogP contribution < -0.4 is 0 Å². The van der Waals surface area contributed by atoms with Crippen LogP contribution in [0.2, 0.25) is 0 Å². The van der Waals surface area contributed by atoms with Crippen molar-refractivity contribution < 1.29 is 4.79 Å². The van der Waals surface area contributed by atoms with Crippen molar-refractivity contribution in [2.75, 3.05) is 0 Å². The summed E-state index contributed by atoms with van der Waals surface area (Å²) < 4.78 is 0.947. The molecule has 0 spiro atoms. The number of hydrogen-bond acceptors (Lipinski definition) is 1. The smallest absolute Gasteiger partial charge is 0.167 e. The van der Waals surface area contributed by atoms with E-state index in [9.17, 15) is 4.79 Å². The van der Waals surface area contributed by atoms with Crippen LogP contribution in [-0.4, -0.2) is 5.78 Å². The number of halogens is 1. The zero-order valence-electron chi connectivity index (χ0n) is 7.73. The molecule has 0 aromatic heterocycles. The van der Waals surface area contributed by atoms with Gasteiger partial charge in [-0.1, -0.05) is 28.9 Å². The van der Waals surface area contributed by atoms with E-state index in [0.717, 1.165) is 16.5 Å². The number of Topliss-reactive ketones (excluding diaryl/α,β-unsaturated/α-hetero) is 1. The van der Waals surface area contributed by atoms with Gasteiger partial charge in [0.2, 0.25) is 0 Å². The minimum Gasteiger partial charge on any atom is -0.294 e. The molecule has 0 fully saturated rings. The summed E-state index contributed by atoms with van der Waals surface area (Å²) >= 11 is 3.43. The first-order valence-electron chi connectivity index (χ1n) is 4.43. The molecule has 2 heteroatoms. The number of fused-ring (bicyclic) bond motifs is 1. The van der Waals surface area contributed by atoms with E-state index in [1.165, 1.54) is 11.1 Å². The van der Waals surface area contributed by atoms with Crippen LogP contribution in [0.1, 0.15) is 28.4 Å². The molecule has 68 valence electrons. The number of aryl methyl sites for hydroxylation is 1. The van der Waals surface area contributed by atoms with Crippen LogP contribution in [0.25, 0.3) is 0 Å². The molecular weight excluding hydrogens is 228 g/mol. The topological polar surface area (TPSA) is 17.1 Å². The van der Waals surface area contributed by atoms with Gasteiger partial charge in [0.05, 0.1) is 0 Å². The van der Waals surface area contributed by atoms with Gasteiger partial charge in [0.25, 0.3) is 0 Å². The lowest BCUT2D eigenvalue weighted by Gasteiger charge is -2.03.